The number of phenols is 2. The van der Waals surface area contributed by atoms with Gasteiger partial charge in [-0.15, -0.1) is 11.8 Å². The minimum Gasteiger partial charge on any atom is -0.508 e. The largest absolute Gasteiger partial charge is 0.508 e. The summed E-state index contributed by atoms with van der Waals surface area (Å²) in [4.78, 5) is 1.15. The molecule has 2 aromatic carbocycles. The predicted octanol–water partition coefficient (Wildman–Crippen LogP) is 3.67. The molecule has 2 aliphatic rings. The van der Waals surface area contributed by atoms with E-state index in [0.29, 0.717) is 11.5 Å². The van der Waals surface area contributed by atoms with Crippen LogP contribution in [0.2, 0.25) is 0 Å². The normalized spacial score (nSPS) is 16.0. The predicted molar refractivity (Wildman–Crippen MR) is 77.5 cm³/mol. The molecule has 0 saturated heterocycles. The Labute approximate surface area is 115 Å². The van der Waals surface area contributed by atoms with Crippen molar-refractivity contribution in [3.8, 4) is 11.5 Å². The third-order valence-electron chi connectivity index (χ3n) is 3.81. The zero-order chi connectivity index (χ0) is 13.0. The van der Waals surface area contributed by atoms with Crippen molar-refractivity contribution >= 4 is 22.9 Å². The summed E-state index contributed by atoms with van der Waals surface area (Å²) in [6.07, 6.45) is 0.920. The van der Waals surface area contributed by atoms with Gasteiger partial charge in [0.2, 0.25) is 0 Å². The summed E-state index contributed by atoms with van der Waals surface area (Å²) in [5.74, 6) is 1.56. The van der Waals surface area contributed by atoms with Gasteiger partial charge in [0.15, 0.2) is 0 Å². The maximum Gasteiger partial charge on any atom is 0.116 e. The summed E-state index contributed by atoms with van der Waals surface area (Å²) in [6.45, 7) is 0. The van der Waals surface area contributed by atoms with Crippen LogP contribution in [0, 0.1) is 0 Å². The fourth-order valence-corrected chi connectivity index (χ4v) is 4.09. The molecular weight excluding hydrogens is 256 g/mol. The van der Waals surface area contributed by atoms with Crippen molar-refractivity contribution in [3.05, 3.63) is 53.1 Å². The second-order valence-corrected chi connectivity index (χ2v) is 5.96. The van der Waals surface area contributed by atoms with Crippen LogP contribution in [-0.4, -0.2) is 16.0 Å². The Bertz CT molecular complexity index is 732. The molecule has 0 atom stereocenters. The molecule has 19 heavy (non-hydrogen) atoms. The molecular formula is C16H12O2S. The second kappa shape index (κ2) is 3.81. The SMILES string of the molecule is Oc1ccc2c(c1)SCC1=C2Cc2ccc(O)cc21. The molecule has 94 valence electrons. The third-order valence-corrected chi connectivity index (χ3v) is 4.89. The van der Waals surface area contributed by atoms with Gasteiger partial charge < -0.3 is 10.2 Å². The summed E-state index contributed by atoms with van der Waals surface area (Å²) < 4.78 is 0. The van der Waals surface area contributed by atoms with Crippen molar-refractivity contribution in [1.29, 1.82) is 0 Å². The highest BCUT2D eigenvalue weighted by Gasteiger charge is 2.27. The van der Waals surface area contributed by atoms with Crippen molar-refractivity contribution in [2.45, 2.75) is 11.3 Å². The van der Waals surface area contributed by atoms with Crippen LogP contribution in [0.3, 0.4) is 0 Å². The van der Waals surface area contributed by atoms with E-state index in [1.165, 1.54) is 27.8 Å². The highest BCUT2D eigenvalue weighted by atomic mass is 32.2. The second-order valence-electron chi connectivity index (χ2n) is 4.94. The van der Waals surface area contributed by atoms with E-state index in [9.17, 15) is 10.2 Å². The molecule has 0 amide bonds. The summed E-state index contributed by atoms with van der Waals surface area (Å²) in [6, 6.07) is 11.2. The summed E-state index contributed by atoms with van der Waals surface area (Å²) in [7, 11) is 0. The topological polar surface area (TPSA) is 40.5 Å². The fraction of sp³-hybridized carbons (Fsp3) is 0.125. The van der Waals surface area contributed by atoms with Gasteiger partial charge in [-0.1, -0.05) is 6.07 Å². The van der Waals surface area contributed by atoms with E-state index in [2.05, 4.69) is 0 Å². The Hall–Kier alpha value is -1.87. The number of allylic oxidation sites excluding steroid dienone is 1. The first-order chi connectivity index (χ1) is 9.22. The van der Waals surface area contributed by atoms with Gasteiger partial charge in [0.05, 0.1) is 0 Å². The lowest BCUT2D eigenvalue weighted by Crippen LogP contribution is -1.98. The lowest BCUT2D eigenvalue weighted by molar-refractivity contribution is 0.473. The average molecular weight is 268 g/mol. The molecule has 1 aliphatic carbocycles. The van der Waals surface area contributed by atoms with Gasteiger partial charge in [-0.05, 0) is 64.6 Å². The first-order valence-electron chi connectivity index (χ1n) is 6.23. The van der Waals surface area contributed by atoms with Crippen LogP contribution in [0.1, 0.15) is 16.7 Å². The molecule has 2 nitrogen and oxygen atoms in total. The summed E-state index contributed by atoms with van der Waals surface area (Å²) in [5, 5.41) is 19.2. The lowest BCUT2D eigenvalue weighted by atomic mass is 10.0. The maximum absolute atomic E-state index is 9.66. The van der Waals surface area contributed by atoms with Crippen molar-refractivity contribution in [1.82, 2.24) is 0 Å². The van der Waals surface area contributed by atoms with Crippen molar-refractivity contribution < 1.29 is 10.2 Å². The van der Waals surface area contributed by atoms with Crippen molar-refractivity contribution in [2.24, 2.45) is 0 Å². The van der Waals surface area contributed by atoms with Gasteiger partial charge in [0, 0.05) is 10.6 Å². The molecule has 0 radical (unpaired) electrons. The van der Waals surface area contributed by atoms with Crippen LogP contribution in [0.15, 0.2) is 41.3 Å². The Balaban J connectivity index is 1.91. The van der Waals surface area contributed by atoms with Crippen LogP contribution >= 0.6 is 11.8 Å². The molecule has 1 heterocycles. The van der Waals surface area contributed by atoms with E-state index in [-0.39, 0.29) is 0 Å². The molecule has 0 bridgehead atoms. The first kappa shape index (κ1) is 11.0. The number of aromatic hydroxyl groups is 2. The molecule has 0 unspecified atom stereocenters. The van der Waals surface area contributed by atoms with Crippen molar-refractivity contribution in [2.75, 3.05) is 5.75 Å². The molecule has 0 spiro atoms. The number of benzene rings is 2. The third kappa shape index (κ3) is 1.58. The highest BCUT2D eigenvalue weighted by Crippen LogP contribution is 2.48. The number of rotatable bonds is 0. The monoisotopic (exact) mass is 268 g/mol. The fourth-order valence-electron chi connectivity index (χ4n) is 2.91. The zero-order valence-electron chi connectivity index (χ0n) is 10.2. The summed E-state index contributed by atoms with van der Waals surface area (Å²) >= 11 is 1.75. The van der Waals surface area contributed by atoms with Crippen LogP contribution in [0.5, 0.6) is 11.5 Å². The molecule has 0 fully saturated rings. The van der Waals surface area contributed by atoms with Gasteiger partial charge in [0.1, 0.15) is 11.5 Å². The average Bonchev–Trinajstić information content (AvgIpc) is 2.76. The van der Waals surface area contributed by atoms with Gasteiger partial charge >= 0.3 is 0 Å². The van der Waals surface area contributed by atoms with Crippen LogP contribution in [0.25, 0.3) is 11.1 Å². The quantitative estimate of drug-likeness (QED) is 0.766. The van der Waals surface area contributed by atoms with Crippen molar-refractivity contribution in [3.63, 3.8) is 0 Å². The number of fused-ring (bicyclic) bond motifs is 4. The van der Waals surface area contributed by atoms with E-state index in [4.69, 9.17) is 0 Å². The van der Waals surface area contributed by atoms with Gasteiger partial charge in [-0.2, -0.15) is 0 Å². The molecule has 2 aromatic rings. The number of hydrogen-bond donors (Lipinski definition) is 2. The maximum atomic E-state index is 9.66. The van der Waals surface area contributed by atoms with Gasteiger partial charge in [-0.3, -0.25) is 0 Å². The molecule has 1 aliphatic heterocycles. The number of phenolic OH excluding ortho intramolecular Hbond substituents is 2. The molecule has 0 saturated carbocycles. The summed E-state index contributed by atoms with van der Waals surface area (Å²) in [5.41, 5.74) is 6.36. The van der Waals surface area contributed by atoms with Gasteiger partial charge in [-0.25, -0.2) is 0 Å². The van der Waals surface area contributed by atoms with E-state index in [0.717, 1.165) is 17.1 Å². The van der Waals surface area contributed by atoms with E-state index in [1.807, 2.05) is 24.3 Å². The van der Waals surface area contributed by atoms with E-state index < -0.39 is 0 Å². The Morgan fingerprint density at radius 3 is 2.53 bits per heavy atom. The first-order valence-corrected chi connectivity index (χ1v) is 7.21. The van der Waals surface area contributed by atoms with E-state index >= 15 is 0 Å². The zero-order valence-corrected chi connectivity index (χ0v) is 11.0. The Morgan fingerprint density at radius 2 is 1.63 bits per heavy atom. The Morgan fingerprint density at radius 1 is 0.842 bits per heavy atom. The molecule has 2 N–H and O–H groups in total. The van der Waals surface area contributed by atoms with Crippen LogP contribution in [0.4, 0.5) is 0 Å². The number of thioether (sulfide) groups is 1. The van der Waals surface area contributed by atoms with Crippen LogP contribution in [-0.2, 0) is 6.42 Å². The molecule has 3 heteroatoms. The Kier molecular flexibility index (Phi) is 2.21. The molecule has 4 rings (SSSR count). The molecule has 0 aromatic heterocycles. The number of hydrogen-bond acceptors (Lipinski definition) is 3. The minimum atomic E-state index is 0.323. The van der Waals surface area contributed by atoms with Gasteiger partial charge in [0.25, 0.3) is 0 Å². The lowest BCUT2D eigenvalue weighted by Gasteiger charge is -2.18. The van der Waals surface area contributed by atoms with E-state index in [1.54, 1.807) is 23.9 Å². The minimum absolute atomic E-state index is 0.323. The smallest absolute Gasteiger partial charge is 0.116 e. The highest BCUT2D eigenvalue weighted by molar-refractivity contribution is 7.99. The standard InChI is InChI=1S/C16H12O2S/c17-10-2-1-9-5-14-12-4-3-11(18)7-16(12)19-8-15(14)13(9)6-10/h1-4,6-7,17-18H,5,8H2. The van der Waals surface area contributed by atoms with Crippen LogP contribution < -0.4 is 0 Å².